The maximum atomic E-state index is 15.2. The first-order valence-electron chi connectivity index (χ1n) is 33.4. The van der Waals surface area contributed by atoms with Gasteiger partial charge in [0, 0.05) is 68.4 Å². The summed E-state index contributed by atoms with van der Waals surface area (Å²) in [5.74, 6) is -8.72. The molecule has 0 bridgehead atoms. The van der Waals surface area contributed by atoms with Crippen molar-refractivity contribution < 1.29 is 103 Å². The highest BCUT2D eigenvalue weighted by Gasteiger charge is 2.54. The summed E-state index contributed by atoms with van der Waals surface area (Å²) in [6, 6.07) is -7.87. The van der Waals surface area contributed by atoms with Crippen LogP contribution in [0.2, 0.25) is 0 Å². The van der Waals surface area contributed by atoms with Gasteiger partial charge in [0.15, 0.2) is 18.7 Å². The van der Waals surface area contributed by atoms with Gasteiger partial charge in [-0.15, -0.1) is 22.7 Å². The molecule has 26 N–H and O–H groups in total. The number of rotatable bonds is 40. The van der Waals surface area contributed by atoms with E-state index < -0.39 is 183 Å². The van der Waals surface area contributed by atoms with Gasteiger partial charge in [0.2, 0.25) is 29.5 Å². The molecule has 41 nitrogen and oxygen atoms in total. The number of carbonyl (C=O) groups excluding carboxylic acids is 8. The second kappa shape index (κ2) is 39.8. The summed E-state index contributed by atoms with van der Waals surface area (Å²) in [5.41, 5.74) is 28.1. The number of anilines is 1. The number of unbranched alkanes of at least 4 members (excludes halogenated alkanes) is 1. The summed E-state index contributed by atoms with van der Waals surface area (Å²) in [6.07, 6.45) is -19.3. The summed E-state index contributed by atoms with van der Waals surface area (Å²) >= 11 is 2.52. The van der Waals surface area contributed by atoms with Gasteiger partial charge in [0.25, 0.3) is 11.8 Å². The number of H-pyrrole nitrogens is 1. The molecular formula is C61H94N20O21S2. The summed E-state index contributed by atoms with van der Waals surface area (Å²) < 4.78 is 28.8. The van der Waals surface area contributed by atoms with Crippen molar-refractivity contribution in [2.45, 2.75) is 176 Å². The number of ether oxygens (including phenoxy) is 5. The van der Waals surface area contributed by atoms with E-state index in [2.05, 4.69) is 77.0 Å². The Morgan fingerprint density at radius 2 is 1.50 bits per heavy atom. The molecule has 8 amide bonds. The van der Waals surface area contributed by atoms with Crippen LogP contribution in [0.4, 0.5) is 10.6 Å². The summed E-state index contributed by atoms with van der Waals surface area (Å²) in [7, 11) is 0. The lowest BCUT2D eigenvalue weighted by Gasteiger charge is -2.47. The average molecular weight is 1510 g/mol. The minimum Gasteiger partial charge on any atom is -0.441 e. The Hall–Kier alpha value is -8.22. The number of amides is 8. The minimum absolute atomic E-state index is 0.0131. The molecule has 43 heteroatoms. The van der Waals surface area contributed by atoms with Crippen molar-refractivity contribution in [2.75, 3.05) is 71.3 Å². The Kier molecular flexibility index (Phi) is 31.8. The molecule has 7 rings (SSSR count). The van der Waals surface area contributed by atoms with Gasteiger partial charge >= 0.3 is 6.09 Å². The van der Waals surface area contributed by atoms with E-state index in [9.17, 15) is 74.4 Å². The number of thiazole rings is 2. The molecular weight excluding hydrogens is 1410 g/mol. The van der Waals surface area contributed by atoms with Gasteiger partial charge in [-0.25, -0.2) is 29.7 Å². The molecule has 0 saturated carbocycles. The second-order valence-corrected chi connectivity index (χ2v) is 26.8. The number of imidazole rings is 1. The van der Waals surface area contributed by atoms with Crippen LogP contribution in [0.3, 0.4) is 0 Å². The second-order valence-electron chi connectivity index (χ2n) is 25.0. The van der Waals surface area contributed by atoms with Crippen LogP contribution in [0.25, 0.3) is 10.7 Å². The number of nitrogens with one attached hydrogen (secondary N) is 8. The van der Waals surface area contributed by atoms with E-state index in [1.54, 1.807) is 10.8 Å². The fourth-order valence-electron chi connectivity index (χ4n) is 11.1. The molecule has 3 aliphatic rings. The predicted molar refractivity (Wildman–Crippen MR) is 366 cm³/mol. The van der Waals surface area contributed by atoms with Crippen molar-refractivity contribution in [1.82, 2.24) is 72.0 Å². The Bertz CT molecular complexity index is 3520. The smallest absolute Gasteiger partial charge is 0.404 e. The zero-order valence-corrected chi connectivity index (χ0v) is 59.0. The molecule has 19 atom stereocenters. The first-order chi connectivity index (χ1) is 49.5. The van der Waals surface area contributed by atoms with Crippen molar-refractivity contribution >= 4 is 82.3 Å². The zero-order chi connectivity index (χ0) is 76.1. The number of aromatic nitrogens is 6. The number of aliphatic hydroxyl groups excluding tert-OH is 8. The van der Waals surface area contributed by atoms with Crippen LogP contribution >= 0.6 is 22.7 Å². The number of aliphatic imine (C=N–C) groups is 1. The van der Waals surface area contributed by atoms with Crippen LogP contribution in [-0.2, 0) is 54.1 Å². The molecule has 0 aromatic carbocycles. The lowest BCUT2D eigenvalue weighted by Crippen LogP contribution is -2.65. The highest BCUT2D eigenvalue weighted by molar-refractivity contribution is 7.14. The first kappa shape index (κ1) is 83.1. The van der Waals surface area contributed by atoms with Crippen LogP contribution in [0.15, 0.2) is 28.3 Å². The lowest BCUT2D eigenvalue weighted by atomic mass is 9.96. The van der Waals surface area contributed by atoms with Gasteiger partial charge in [-0.1, -0.05) is 6.92 Å². The van der Waals surface area contributed by atoms with E-state index in [-0.39, 0.29) is 54.0 Å². The fourth-order valence-corrected chi connectivity index (χ4v) is 12.7. The number of aliphatic hydroxyl groups is 8. The van der Waals surface area contributed by atoms with Gasteiger partial charge in [-0.3, -0.25) is 38.6 Å². The van der Waals surface area contributed by atoms with E-state index in [1.807, 2.05) is 6.34 Å². The number of aromatic amines is 1. The molecule has 4 aromatic rings. The molecule has 2 saturated heterocycles. The molecule has 0 aliphatic carbocycles. The normalized spacial score (nSPS) is 23.8. The monoisotopic (exact) mass is 1510 g/mol. The third kappa shape index (κ3) is 22.9. The van der Waals surface area contributed by atoms with Crippen LogP contribution in [0.1, 0.15) is 108 Å². The largest absolute Gasteiger partial charge is 0.441 e. The highest BCUT2D eigenvalue weighted by atomic mass is 32.1. The van der Waals surface area contributed by atoms with Gasteiger partial charge < -0.3 is 140 Å². The molecule has 0 spiro atoms. The van der Waals surface area contributed by atoms with Crippen molar-refractivity contribution in [1.29, 1.82) is 0 Å². The number of nitrogens with two attached hydrogens (primary N) is 5. The third-order valence-corrected chi connectivity index (χ3v) is 18.9. The Balaban J connectivity index is 1.05. The molecule has 2 fully saturated rings. The van der Waals surface area contributed by atoms with Crippen LogP contribution in [0.5, 0.6) is 0 Å². The number of primary amides is 3. The Morgan fingerprint density at radius 3 is 2.16 bits per heavy atom. The maximum Gasteiger partial charge on any atom is 0.404 e. The van der Waals surface area contributed by atoms with Gasteiger partial charge in [0.1, 0.15) is 94.6 Å². The van der Waals surface area contributed by atoms with E-state index in [0.29, 0.717) is 22.3 Å². The standard InChI is InChI=1S/C61H94N20O21S2/c1-26-39(77-52(80-50(26)64)31(17-37(63)85)72-18-30(62)51(65)91)56(95)79-41(47(32-19-69-24-73-32)100-60-49(45(89)43(87)35(20-82)99-60)101-59-46(90)48(102-61(66)97)44(88)36(21-83)98-59)57(96)74-28(3)42(86)27(2)53(92)78-40(29(4)84)55(94)71-14-9-38-75-34(23-103-38)58-76-33(22-104-58)54(93)70-13-7-11-67-10-5-6-15-81-16-8-12-68-25-81/h19,22-25,27-31,35-36,40-49,59-60,67,72,82-84,86-90H,5-18,20-21,62H2,1-4H3,(H2,63,85)(H2,65,91)(H2,66,97)(H,69,73)(H,70,93)(H,71,94)(H,74,96)(H,78,92)(H,79,95)(H2,64,77,80)/t27?,28?,29?,30?,31?,35-,36-,40?,41?,42?,43+,44-,45-,46+,47?,48+,49+,59-,60-/m1/s1. The van der Waals surface area contributed by atoms with Crippen molar-refractivity contribution in [3.8, 4) is 10.7 Å². The average Bonchev–Trinajstić information content (AvgIpc) is 1.19. The number of nitrogen functional groups attached to an aromatic ring is 1. The van der Waals surface area contributed by atoms with Crippen LogP contribution < -0.4 is 65.9 Å². The summed E-state index contributed by atoms with van der Waals surface area (Å²) in [5, 5.41) is 112. The van der Waals surface area contributed by atoms with Crippen molar-refractivity contribution in [3.05, 3.63) is 56.8 Å². The molecule has 3 aliphatic heterocycles. The summed E-state index contributed by atoms with van der Waals surface area (Å²) in [6.45, 7) is 7.64. The van der Waals surface area contributed by atoms with E-state index in [1.165, 1.54) is 50.4 Å². The highest BCUT2D eigenvalue weighted by Crippen LogP contribution is 2.35. The van der Waals surface area contributed by atoms with Crippen LogP contribution in [0, 0.1) is 12.8 Å². The SMILES string of the molecule is Cc1c(N)nc(C(CC(N)=O)NCC(N)C(N)=O)nc1C(=O)NC(C(=O)NC(C)C(O)C(C)C(=O)NC(C(=O)NCCc1nc(-c2nc(C(=O)NCCCNCCCCN3C=NCCC3)cs2)cs1)C(C)O)C(O[C@H]1O[C@H](CO)[C@H](O)[C@@H](O)[C@@H]1O[C@H]1O[C@H](CO)[C@@H](O)[C@H](OC(N)=O)[C@@H]1O)c1cnc[nH]1. The molecule has 104 heavy (non-hydrogen) atoms. The quantitative estimate of drug-likeness (QED) is 0.0184. The number of nitrogens with zero attached hydrogens (tertiary/aromatic N) is 7. The van der Waals surface area contributed by atoms with Crippen molar-refractivity contribution in [3.63, 3.8) is 0 Å². The minimum atomic E-state index is -2.20. The maximum absolute atomic E-state index is 15.2. The topological polar surface area (TPSA) is 655 Å². The molecule has 4 aromatic heterocycles. The Labute approximate surface area is 603 Å². The van der Waals surface area contributed by atoms with Gasteiger partial charge in [-0.2, -0.15) is 0 Å². The first-order valence-corrected chi connectivity index (χ1v) is 35.2. The summed E-state index contributed by atoms with van der Waals surface area (Å²) in [4.78, 5) is 138. The molecule has 9 unspecified atom stereocenters. The molecule has 0 radical (unpaired) electrons. The lowest BCUT2D eigenvalue weighted by molar-refractivity contribution is -0.372. The van der Waals surface area contributed by atoms with E-state index >= 15 is 4.79 Å². The third-order valence-electron chi connectivity index (χ3n) is 17.1. The van der Waals surface area contributed by atoms with Crippen molar-refractivity contribution in [2.24, 2.45) is 33.8 Å². The fraction of sp³-hybridized carbons (Fsp3) is 0.639. The van der Waals surface area contributed by atoms with Gasteiger partial charge in [0.05, 0.1) is 79.0 Å². The molecule has 576 valence electrons. The number of hydrogen-bond acceptors (Lipinski definition) is 34. The number of carbonyl (C=O) groups is 8. The van der Waals surface area contributed by atoms with Gasteiger partial charge in [-0.05, 0) is 59.5 Å². The predicted octanol–water partition coefficient (Wildman–Crippen LogP) is -7.48. The Morgan fingerprint density at radius 1 is 0.779 bits per heavy atom. The van der Waals surface area contributed by atoms with E-state index in [4.69, 9.17) is 52.4 Å². The van der Waals surface area contributed by atoms with E-state index in [0.717, 1.165) is 70.9 Å². The van der Waals surface area contributed by atoms with Crippen LogP contribution in [-0.4, -0.2) is 293 Å². The zero-order valence-electron chi connectivity index (χ0n) is 57.4. The number of hydrogen-bond donors (Lipinski definition) is 21. The molecule has 7 heterocycles.